The van der Waals surface area contributed by atoms with Crippen LogP contribution in [-0.4, -0.2) is 34.7 Å². The molecule has 1 aromatic carbocycles. The number of rotatable bonds is 4. The first-order valence-corrected chi connectivity index (χ1v) is 6.75. The molecule has 124 valence electrons. The van der Waals surface area contributed by atoms with Crippen LogP contribution in [0.2, 0.25) is 0 Å². The van der Waals surface area contributed by atoms with Gasteiger partial charge in [0, 0.05) is 19.2 Å². The summed E-state index contributed by atoms with van der Waals surface area (Å²) in [5, 5.41) is 3.27. The number of amides is 1. The molecule has 0 fully saturated rings. The average molecular weight is 329 g/mol. The summed E-state index contributed by atoms with van der Waals surface area (Å²) in [6, 6.07) is 5.76. The summed E-state index contributed by atoms with van der Waals surface area (Å²) < 4.78 is 46.5. The van der Waals surface area contributed by atoms with Crippen LogP contribution >= 0.6 is 0 Å². The molecule has 0 radical (unpaired) electrons. The largest absolute Gasteiger partial charge is 0.471 e. The Kier molecular flexibility index (Phi) is 4.87. The summed E-state index contributed by atoms with van der Waals surface area (Å²) in [6.07, 6.45) is -4.41. The highest BCUT2D eigenvalue weighted by Gasteiger charge is 2.38. The monoisotopic (exact) mass is 329 g/mol. The second-order valence-corrected chi connectivity index (χ2v) is 4.73. The number of hydrogen-bond donors (Lipinski definition) is 0. The molecule has 0 bridgehead atoms. The number of ether oxygens (including phenoxy) is 1. The summed E-state index contributed by atoms with van der Waals surface area (Å²) in [5.41, 5.74) is 0.311. The van der Waals surface area contributed by atoms with E-state index in [1.807, 2.05) is 6.92 Å². The number of carbonyl (C=O) groups is 1. The first-order chi connectivity index (χ1) is 10.8. The summed E-state index contributed by atoms with van der Waals surface area (Å²) in [5.74, 6) is -1.34. The van der Waals surface area contributed by atoms with Crippen molar-refractivity contribution in [3.63, 3.8) is 0 Å². The average Bonchev–Trinajstić information content (AvgIpc) is 2.98. The molecule has 0 unspecified atom stereocenters. The van der Waals surface area contributed by atoms with Gasteiger partial charge < -0.3 is 14.2 Å². The fourth-order valence-electron chi connectivity index (χ4n) is 1.73. The highest BCUT2D eigenvalue weighted by atomic mass is 19.4. The molecule has 1 amide bonds. The van der Waals surface area contributed by atoms with E-state index in [9.17, 15) is 18.0 Å². The summed E-state index contributed by atoms with van der Waals surface area (Å²) in [4.78, 5) is 16.4. The van der Waals surface area contributed by atoms with Gasteiger partial charge in [0.25, 0.3) is 0 Å². The minimum absolute atomic E-state index is 0.196. The van der Waals surface area contributed by atoms with Crippen LogP contribution in [-0.2, 0) is 6.18 Å². The van der Waals surface area contributed by atoms with E-state index in [1.165, 1.54) is 29.2 Å². The fourth-order valence-corrected chi connectivity index (χ4v) is 1.73. The topological polar surface area (TPSA) is 68.5 Å². The molecule has 0 atom stereocenters. The van der Waals surface area contributed by atoms with Gasteiger partial charge in [-0.05, 0) is 30.7 Å². The molecule has 0 saturated carbocycles. The maximum atomic E-state index is 12.4. The third kappa shape index (κ3) is 4.21. The Hall–Kier alpha value is -2.58. The first-order valence-electron chi connectivity index (χ1n) is 6.75. The lowest BCUT2D eigenvalue weighted by molar-refractivity contribution is -0.159. The number of aromatic nitrogens is 2. The van der Waals surface area contributed by atoms with Crippen molar-refractivity contribution in [1.82, 2.24) is 15.0 Å². The molecule has 0 N–H and O–H groups in total. The summed E-state index contributed by atoms with van der Waals surface area (Å²) in [7, 11) is 1.61. The Labute approximate surface area is 129 Å². The second kappa shape index (κ2) is 6.67. The van der Waals surface area contributed by atoms with Crippen molar-refractivity contribution in [3.8, 4) is 17.1 Å². The van der Waals surface area contributed by atoms with Crippen LogP contribution in [0.1, 0.15) is 19.2 Å². The van der Waals surface area contributed by atoms with Crippen molar-refractivity contribution >= 4 is 6.09 Å². The number of nitrogens with zero attached hydrogens (tertiary/aromatic N) is 3. The minimum Gasteiger partial charge on any atom is -0.410 e. The zero-order valence-electron chi connectivity index (χ0n) is 12.4. The molecule has 2 aromatic rings. The van der Waals surface area contributed by atoms with E-state index in [2.05, 4.69) is 14.7 Å². The molecule has 1 aromatic heterocycles. The number of benzene rings is 1. The fraction of sp³-hybridized carbons (Fsp3) is 0.357. The molecule has 0 spiro atoms. The predicted octanol–water partition coefficient (Wildman–Crippen LogP) is 3.60. The molecule has 9 heteroatoms. The second-order valence-electron chi connectivity index (χ2n) is 4.73. The van der Waals surface area contributed by atoms with E-state index in [4.69, 9.17) is 4.74 Å². The van der Waals surface area contributed by atoms with Gasteiger partial charge in [-0.2, -0.15) is 18.2 Å². The summed E-state index contributed by atoms with van der Waals surface area (Å²) >= 11 is 0. The van der Waals surface area contributed by atoms with Gasteiger partial charge >= 0.3 is 18.2 Å². The quantitative estimate of drug-likeness (QED) is 0.857. The van der Waals surface area contributed by atoms with Gasteiger partial charge in [-0.3, -0.25) is 0 Å². The molecule has 6 nitrogen and oxygen atoms in total. The van der Waals surface area contributed by atoms with Crippen LogP contribution in [0.3, 0.4) is 0 Å². The third-order valence-corrected chi connectivity index (χ3v) is 2.86. The van der Waals surface area contributed by atoms with E-state index in [0.29, 0.717) is 12.1 Å². The first kappa shape index (κ1) is 16.8. The van der Waals surface area contributed by atoms with Crippen LogP contribution < -0.4 is 4.74 Å². The van der Waals surface area contributed by atoms with Crippen LogP contribution in [0.15, 0.2) is 28.8 Å². The Balaban J connectivity index is 2.08. The van der Waals surface area contributed by atoms with Gasteiger partial charge in [0.15, 0.2) is 0 Å². The maximum absolute atomic E-state index is 12.4. The zero-order chi connectivity index (χ0) is 17.0. The Morgan fingerprint density at radius 3 is 2.48 bits per heavy atom. The smallest absolute Gasteiger partial charge is 0.410 e. The Bertz CT molecular complexity index is 668. The normalized spacial score (nSPS) is 11.3. The van der Waals surface area contributed by atoms with E-state index in [0.717, 1.165) is 6.42 Å². The van der Waals surface area contributed by atoms with Crippen molar-refractivity contribution in [2.75, 3.05) is 13.6 Å². The third-order valence-electron chi connectivity index (χ3n) is 2.86. The molecule has 0 aliphatic heterocycles. The molecule has 23 heavy (non-hydrogen) atoms. The van der Waals surface area contributed by atoms with E-state index < -0.39 is 18.2 Å². The highest BCUT2D eigenvalue weighted by Crippen LogP contribution is 2.29. The standard InChI is InChI=1S/C14H14F3N3O3/c1-3-8-20(2)13(21)22-10-6-4-9(5-7-10)11-18-12(23-19-11)14(15,16)17/h4-7H,3,8H2,1-2H3. The zero-order valence-corrected chi connectivity index (χ0v) is 12.4. The minimum atomic E-state index is -4.69. The van der Waals surface area contributed by atoms with Crippen molar-refractivity contribution in [1.29, 1.82) is 0 Å². The highest BCUT2D eigenvalue weighted by molar-refractivity contribution is 5.70. The lowest BCUT2D eigenvalue weighted by atomic mass is 10.2. The number of alkyl halides is 3. The lowest BCUT2D eigenvalue weighted by Gasteiger charge is -2.15. The van der Waals surface area contributed by atoms with Gasteiger partial charge in [-0.15, -0.1) is 0 Å². The summed E-state index contributed by atoms with van der Waals surface area (Å²) in [6.45, 7) is 2.48. The van der Waals surface area contributed by atoms with Crippen molar-refractivity contribution in [3.05, 3.63) is 30.2 Å². The van der Waals surface area contributed by atoms with Crippen LogP contribution in [0.25, 0.3) is 11.4 Å². The molecule has 0 saturated heterocycles. The van der Waals surface area contributed by atoms with Crippen LogP contribution in [0, 0.1) is 0 Å². The number of hydrogen-bond acceptors (Lipinski definition) is 5. The van der Waals surface area contributed by atoms with Gasteiger partial charge in [0.1, 0.15) is 5.75 Å². The molecule has 2 rings (SSSR count). The number of halogens is 3. The molecule has 1 heterocycles. The van der Waals surface area contributed by atoms with Crippen LogP contribution in [0.5, 0.6) is 5.75 Å². The van der Waals surface area contributed by atoms with E-state index in [1.54, 1.807) is 7.05 Å². The van der Waals surface area contributed by atoms with Crippen molar-refractivity contribution < 1.29 is 27.2 Å². The molecule has 0 aliphatic carbocycles. The van der Waals surface area contributed by atoms with Gasteiger partial charge in [-0.25, -0.2) is 4.79 Å². The molecular weight excluding hydrogens is 315 g/mol. The SMILES string of the molecule is CCCN(C)C(=O)Oc1ccc(-c2noc(C(F)(F)F)n2)cc1. The maximum Gasteiger partial charge on any atom is 0.471 e. The Morgan fingerprint density at radius 1 is 1.30 bits per heavy atom. The van der Waals surface area contributed by atoms with Gasteiger partial charge in [-0.1, -0.05) is 12.1 Å². The Morgan fingerprint density at radius 2 is 1.96 bits per heavy atom. The molecular formula is C14H14F3N3O3. The lowest BCUT2D eigenvalue weighted by Crippen LogP contribution is -2.30. The van der Waals surface area contributed by atoms with Crippen molar-refractivity contribution in [2.24, 2.45) is 0 Å². The van der Waals surface area contributed by atoms with Gasteiger partial charge in [0.05, 0.1) is 0 Å². The van der Waals surface area contributed by atoms with E-state index >= 15 is 0 Å². The molecule has 0 aliphatic rings. The van der Waals surface area contributed by atoms with E-state index in [-0.39, 0.29) is 11.6 Å². The van der Waals surface area contributed by atoms with Gasteiger partial charge in [0.2, 0.25) is 5.82 Å². The van der Waals surface area contributed by atoms with Crippen molar-refractivity contribution in [2.45, 2.75) is 19.5 Å². The number of carbonyl (C=O) groups excluding carboxylic acids is 1. The van der Waals surface area contributed by atoms with Crippen LogP contribution in [0.4, 0.5) is 18.0 Å². The predicted molar refractivity (Wildman–Crippen MR) is 73.7 cm³/mol.